The van der Waals surface area contributed by atoms with Crippen LogP contribution in [0.5, 0.6) is 5.75 Å². The SMILES string of the molecule is COc1ccc([N+](=O)[O-])cc1NC(=O)Cc1csc(-c2cccc(CN3CCN(C)CC3)c2)n1. The number of hydrogen-bond donors (Lipinski definition) is 1. The molecule has 178 valence electrons. The molecule has 9 nitrogen and oxygen atoms in total. The number of methoxy groups -OCH3 is 1. The van der Waals surface area contributed by atoms with Crippen molar-refractivity contribution < 1.29 is 14.5 Å². The number of non-ortho nitro benzene ring substituents is 1. The number of piperazine rings is 1. The normalized spacial score (nSPS) is 14.6. The first-order chi connectivity index (χ1) is 16.4. The maximum atomic E-state index is 12.6. The molecule has 2 heterocycles. The van der Waals surface area contributed by atoms with Gasteiger partial charge in [-0.2, -0.15) is 0 Å². The van der Waals surface area contributed by atoms with Crippen molar-refractivity contribution >= 4 is 28.6 Å². The summed E-state index contributed by atoms with van der Waals surface area (Å²) in [5, 5.41) is 16.5. The number of carbonyl (C=O) groups excluding carboxylic acids is 1. The molecule has 1 aromatic heterocycles. The third kappa shape index (κ3) is 5.96. The van der Waals surface area contributed by atoms with Crippen molar-refractivity contribution in [2.45, 2.75) is 13.0 Å². The number of hydrogen-bond acceptors (Lipinski definition) is 8. The minimum Gasteiger partial charge on any atom is -0.495 e. The average molecular weight is 482 g/mol. The number of benzene rings is 2. The molecule has 0 saturated carbocycles. The molecule has 34 heavy (non-hydrogen) atoms. The number of ether oxygens (including phenoxy) is 1. The standard InChI is InChI=1S/C24H27N5O4S/c1-27-8-10-28(11-9-27)15-17-4-3-5-18(12-17)24-25-19(16-34-24)13-23(30)26-21-14-20(29(31)32)6-7-22(21)33-2/h3-7,12,14,16H,8-11,13,15H2,1-2H3,(H,26,30). The molecular formula is C24H27N5O4S. The van der Waals surface area contributed by atoms with Crippen molar-refractivity contribution in [3.05, 3.63) is 69.2 Å². The maximum Gasteiger partial charge on any atom is 0.271 e. The first-order valence-corrected chi connectivity index (χ1v) is 11.9. The Morgan fingerprint density at radius 3 is 2.74 bits per heavy atom. The zero-order valence-electron chi connectivity index (χ0n) is 19.2. The van der Waals surface area contributed by atoms with E-state index in [1.165, 1.54) is 42.2 Å². The minimum atomic E-state index is -0.514. The van der Waals surface area contributed by atoms with E-state index in [0.717, 1.165) is 43.3 Å². The number of thiazole rings is 1. The van der Waals surface area contributed by atoms with Gasteiger partial charge in [-0.25, -0.2) is 4.98 Å². The second-order valence-electron chi connectivity index (χ2n) is 8.29. The summed E-state index contributed by atoms with van der Waals surface area (Å²) in [5.74, 6) is 0.0366. The number of aromatic nitrogens is 1. The van der Waals surface area contributed by atoms with E-state index >= 15 is 0 Å². The maximum absolute atomic E-state index is 12.6. The summed E-state index contributed by atoms with van der Waals surface area (Å²) in [7, 11) is 3.60. The van der Waals surface area contributed by atoms with Gasteiger partial charge in [0, 0.05) is 55.8 Å². The molecule has 0 bridgehead atoms. The van der Waals surface area contributed by atoms with Crippen LogP contribution >= 0.6 is 11.3 Å². The Hall–Kier alpha value is -3.34. The van der Waals surface area contributed by atoms with Gasteiger partial charge in [0.05, 0.1) is 29.8 Å². The van der Waals surface area contributed by atoms with E-state index in [-0.39, 0.29) is 23.7 Å². The molecule has 4 rings (SSSR count). The van der Waals surface area contributed by atoms with Crippen LogP contribution in [0.4, 0.5) is 11.4 Å². The van der Waals surface area contributed by atoms with Crippen LogP contribution < -0.4 is 10.1 Å². The number of amides is 1. The lowest BCUT2D eigenvalue weighted by Crippen LogP contribution is -2.43. The fourth-order valence-electron chi connectivity index (χ4n) is 3.85. The molecule has 0 aliphatic carbocycles. The molecule has 1 aliphatic heterocycles. The van der Waals surface area contributed by atoms with Gasteiger partial charge in [0.1, 0.15) is 10.8 Å². The number of nitrogens with one attached hydrogen (secondary N) is 1. The Morgan fingerprint density at radius 1 is 1.21 bits per heavy atom. The Labute approximate surface area is 202 Å². The predicted octanol–water partition coefficient (Wildman–Crippen LogP) is 3.66. The van der Waals surface area contributed by atoms with Crippen LogP contribution in [0, 0.1) is 10.1 Å². The average Bonchev–Trinajstić information content (AvgIpc) is 3.29. The van der Waals surface area contributed by atoms with Gasteiger partial charge in [-0.15, -0.1) is 11.3 Å². The van der Waals surface area contributed by atoms with Crippen LogP contribution in [0.1, 0.15) is 11.3 Å². The first kappa shape index (κ1) is 23.8. The van der Waals surface area contributed by atoms with Crippen LogP contribution in [0.15, 0.2) is 47.8 Å². The molecule has 0 atom stereocenters. The number of rotatable bonds is 8. The summed E-state index contributed by atoms with van der Waals surface area (Å²) >= 11 is 1.49. The fourth-order valence-corrected chi connectivity index (χ4v) is 4.67. The summed E-state index contributed by atoms with van der Waals surface area (Å²) in [5.41, 5.74) is 3.06. The number of likely N-dealkylation sites (N-methyl/N-ethyl adjacent to an activating group) is 1. The molecule has 0 radical (unpaired) electrons. The number of nitrogens with zero attached hydrogens (tertiary/aromatic N) is 4. The first-order valence-electron chi connectivity index (χ1n) is 11.0. The molecule has 1 amide bonds. The lowest BCUT2D eigenvalue weighted by molar-refractivity contribution is -0.384. The Balaban J connectivity index is 1.40. The zero-order valence-corrected chi connectivity index (χ0v) is 20.0. The lowest BCUT2D eigenvalue weighted by atomic mass is 10.1. The van der Waals surface area contributed by atoms with Crippen LogP contribution in [0.25, 0.3) is 10.6 Å². The highest BCUT2D eigenvalue weighted by Crippen LogP contribution is 2.29. The summed E-state index contributed by atoms with van der Waals surface area (Å²) < 4.78 is 5.21. The Morgan fingerprint density at radius 2 is 2.00 bits per heavy atom. The molecule has 1 fully saturated rings. The molecule has 1 saturated heterocycles. The van der Waals surface area contributed by atoms with E-state index in [4.69, 9.17) is 4.74 Å². The van der Waals surface area contributed by atoms with Gasteiger partial charge in [-0.05, 0) is 24.7 Å². The third-order valence-electron chi connectivity index (χ3n) is 5.74. The van der Waals surface area contributed by atoms with E-state index in [1.54, 1.807) is 0 Å². The van der Waals surface area contributed by atoms with Crippen molar-refractivity contribution in [3.63, 3.8) is 0 Å². The smallest absolute Gasteiger partial charge is 0.271 e. The molecule has 1 N–H and O–H groups in total. The largest absolute Gasteiger partial charge is 0.495 e. The van der Waals surface area contributed by atoms with Gasteiger partial charge in [0.25, 0.3) is 5.69 Å². The molecule has 1 aliphatic rings. The Bertz CT molecular complexity index is 1170. The quantitative estimate of drug-likeness (QED) is 0.387. The van der Waals surface area contributed by atoms with Crippen LogP contribution in [-0.4, -0.2) is 66.0 Å². The zero-order chi connectivity index (χ0) is 24.1. The topological polar surface area (TPSA) is 101 Å². The van der Waals surface area contributed by atoms with Crippen molar-refractivity contribution in [1.29, 1.82) is 0 Å². The summed E-state index contributed by atoms with van der Waals surface area (Å²) in [6.07, 6.45) is 0.0589. The lowest BCUT2D eigenvalue weighted by Gasteiger charge is -2.32. The fraction of sp³-hybridized carbons (Fsp3) is 0.333. The van der Waals surface area contributed by atoms with Crippen LogP contribution in [0.2, 0.25) is 0 Å². The minimum absolute atomic E-state index is 0.0589. The number of carbonyl (C=O) groups is 1. The van der Waals surface area contributed by atoms with Crippen LogP contribution in [-0.2, 0) is 17.8 Å². The summed E-state index contributed by atoms with van der Waals surface area (Å²) in [4.78, 5) is 32.6. The number of nitro groups is 1. The van der Waals surface area contributed by atoms with Gasteiger partial charge >= 0.3 is 0 Å². The van der Waals surface area contributed by atoms with E-state index in [1.807, 2.05) is 17.5 Å². The van der Waals surface area contributed by atoms with Crippen molar-refractivity contribution in [2.24, 2.45) is 0 Å². The second kappa shape index (κ2) is 10.7. The molecule has 0 unspecified atom stereocenters. The van der Waals surface area contributed by atoms with Gasteiger partial charge in [-0.1, -0.05) is 18.2 Å². The highest BCUT2D eigenvalue weighted by Gasteiger charge is 2.16. The van der Waals surface area contributed by atoms with E-state index < -0.39 is 4.92 Å². The van der Waals surface area contributed by atoms with Gasteiger partial charge in [0.2, 0.25) is 5.91 Å². The van der Waals surface area contributed by atoms with E-state index in [2.05, 4.69) is 39.3 Å². The molecular weight excluding hydrogens is 454 g/mol. The predicted molar refractivity (Wildman–Crippen MR) is 132 cm³/mol. The van der Waals surface area contributed by atoms with Crippen molar-refractivity contribution in [1.82, 2.24) is 14.8 Å². The van der Waals surface area contributed by atoms with Crippen molar-refractivity contribution in [3.8, 4) is 16.3 Å². The van der Waals surface area contributed by atoms with E-state index in [0.29, 0.717) is 11.4 Å². The second-order valence-corrected chi connectivity index (χ2v) is 9.15. The van der Waals surface area contributed by atoms with E-state index in [9.17, 15) is 14.9 Å². The van der Waals surface area contributed by atoms with Gasteiger partial charge in [0.15, 0.2) is 0 Å². The molecule has 2 aromatic carbocycles. The summed E-state index contributed by atoms with van der Waals surface area (Å²) in [6.45, 7) is 5.20. The molecule has 3 aromatic rings. The highest BCUT2D eigenvalue weighted by molar-refractivity contribution is 7.13. The van der Waals surface area contributed by atoms with Gasteiger partial charge in [-0.3, -0.25) is 19.8 Å². The monoisotopic (exact) mass is 481 g/mol. The van der Waals surface area contributed by atoms with Crippen molar-refractivity contribution in [2.75, 3.05) is 45.7 Å². The third-order valence-corrected chi connectivity index (χ3v) is 6.68. The number of anilines is 1. The Kier molecular flexibility index (Phi) is 7.51. The molecule has 10 heteroatoms. The number of nitro benzene ring substituents is 1. The molecule has 0 spiro atoms. The van der Waals surface area contributed by atoms with Gasteiger partial charge < -0.3 is 15.0 Å². The van der Waals surface area contributed by atoms with Crippen LogP contribution in [0.3, 0.4) is 0 Å². The highest BCUT2D eigenvalue weighted by atomic mass is 32.1. The summed E-state index contributed by atoms with van der Waals surface area (Å²) in [6, 6.07) is 12.5.